The molecule has 2 fully saturated rings. The number of amides is 2. The fourth-order valence-corrected chi connectivity index (χ4v) is 3.36. The zero-order chi connectivity index (χ0) is 18.8. The van der Waals surface area contributed by atoms with Gasteiger partial charge in [-0.2, -0.15) is 4.98 Å². The number of carbonyl (C=O) groups excluding carboxylic acids is 2. The summed E-state index contributed by atoms with van der Waals surface area (Å²) in [7, 11) is 1.76. The molecule has 4 rings (SSSR count). The second-order valence-electron chi connectivity index (χ2n) is 7.37. The molecule has 8 heteroatoms. The van der Waals surface area contributed by atoms with E-state index in [9.17, 15) is 9.59 Å². The van der Waals surface area contributed by atoms with Crippen LogP contribution in [0.1, 0.15) is 42.5 Å². The summed E-state index contributed by atoms with van der Waals surface area (Å²) < 4.78 is 5.24. The predicted octanol–water partition coefficient (Wildman–Crippen LogP) is 1.39. The van der Waals surface area contributed by atoms with Crippen molar-refractivity contribution < 1.29 is 14.1 Å². The molecular weight excluding hydrogens is 346 g/mol. The quantitative estimate of drug-likeness (QED) is 0.732. The SMILES string of the molecule is CN(CCc1noc(C2CC2)n1)C(=O)[C@H]1CC(=O)N(Cc2cccnc2)C1. The van der Waals surface area contributed by atoms with Gasteiger partial charge in [0.05, 0.1) is 5.92 Å². The van der Waals surface area contributed by atoms with E-state index >= 15 is 0 Å². The van der Waals surface area contributed by atoms with E-state index in [1.165, 1.54) is 0 Å². The maximum absolute atomic E-state index is 12.7. The van der Waals surface area contributed by atoms with E-state index in [1.54, 1.807) is 29.2 Å². The molecule has 1 aliphatic heterocycles. The number of pyridine rings is 1. The highest BCUT2D eigenvalue weighted by atomic mass is 16.5. The minimum absolute atomic E-state index is 0.0112. The molecule has 3 heterocycles. The summed E-state index contributed by atoms with van der Waals surface area (Å²) in [4.78, 5) is 36.8. The number of hydrogen-bond donors (Lipinski definition) is 0. The van der Waals surface area contributed by atoms with E-state index in [0.717, 1.165) is 18.4 Å². The van der Waals surface area contributed by atoms with Gasteiger partial charge in [0.15, 0.2) is 5.82 Å². The average Bonchev–Trinajstić information content (AvgIpc) is 3.32. The number of rotatable bonds is 7. The van der Waals surface area contributed by atoms with Gasteiger partial charge in [0.2, 0.25) is 17.7 Å². The third-order valence-electron chi connectivity index (χ3n) is 5.12. The van der Waals surface area contributed by atoms with Crippen molar-refractivity contribution in [1.82, 2.24) is 24.9 Å². The van der Waals surface area contributed by atoms with Gasteiger partial charge in [0.1, 0.15) is 0 Å². The summed E-state index contributed by atoms with van der Waals surface area (Å²) in [5, 5.41) is 3.98. The summed E-state index contributed by atoms with van der Waals surface area (Å²) in [6.07, 6.45) is 6.50. The minimum atomic E-state index is -0.300. The first kappa shape index (κ1) is 17.6. The maximum Gasteiger partial charge on any atom is 0.229 e. The summed E-state index contributed by atoms with van der Waals surface area (Å²) in [6, 6.07) is 3.78. The summed E-state index contributed by atoms with van der Waals surface area (Å²) in [6.45, 7) is 1.45. The van der Waals surface area contributed by atoms with Gasteiger partial charge < -0.3 is 14.3 Å². The Kier molecular flexibility index (Phi) is 4.87. The Bertz CT molecular complexity index is 818. The van der Waals surface area contributed by atoms with Crippen molar-refractivity contribution in [3.8, 4) is 0 Å². The third kappa shape index (κ3) is 4.15. The molecule has 1 atom stereocenters. The van der Waals surface area contributed by atoms with Crippen LogP contribution in [-0.4, -0.2) is 56.9 Å². The van der Waals surface area contributed by atoms with Crippen LogP contribution in [0.4, 0.5) is 0 Å². The van der Waals surface area contributed by atoms with E-state index in [-0.39, 0.29) is 24.2 Å². The topological polar surface area (TPSA) is 92.4 Å². The largest absolute Gasteiger partial charge is 0.345 e. The molecule has 0 radical (unpaired) electrons. The zero-order valence-electron chi connectivity index (χ0n) is 15.4. The Labute approximate surface area is 157 Å². The molecule has 1 saturated carbocycles. The molecule has 0 bridgehead atoms. The molecule has 0 spiro atoms. The highest BCUT2D eigenvalue weighted by Crippen LogP contribution is 2.38. The van der Waals surface area contributed by atoms with Crippen molar-refractivity contribution in [3.05, 3.63) is 41.8 Å². The fourth-order valence-electron chi connectivity index (χ4n) is 3.36. The summed E-state index contributed by atoms with van der Waals surface area (Å²) in [5.41, 5.74) is 0.968. The first-order valence-electron chi connectivity index (χ1n) is 9.34. The zero-order valence-corrected chi connectivity index (χ0v) is 15.4. The Balaban J connectivity index is 1.28. The van der Waals surface area contributed by atoms with E-state index in [0.29, 0.717) is 43.7 Å². The van der Waals surface area contributed by atoms with Gasteiger partial charge >= 0.3 is 0 Å². The second-order valence-corrected chi connectivity index (χ2v) is 7.37. The van der Waals surface area contributed by atoms with Crippen molar-refractivity contribution in [2.75, 3.05) is 20.1 Å². The van der Waals surface area contributed by atoms with E-state index < -0.39 is 0 Å². The van der Waals surface area contributed by atoms with Crippen LogP contribution in [0, 0.1) is 5.92 Å². The van der Waals surface area contributed by atoms with Crippen LogP contribution in [0.15, 0.2) is 29.0 Å². The Morgan fingerprint density at radius 3 is 3.00 bits per heavy atom. The predicted molar refractivity (Wildman–Crippen MR) is 95.4 cm³/mol. The molecular formula is C19H23N5O3. The number of hydrogen-bond acceptors (Lipinski definition) is 6. The molecule has 2 aromatic heterocycles. The number of carbonyl (C=O) groups is 2. The van der Waals surface area contributed by atoms with Crippen LogP contribution >= 0.6 is 0 Å². The van der Waals surface area contributed by atoms with E-state index in [4.69, 9.17) is 4.52 Å². The number of aromatic nitrogens is 3. The first-order valence-corrected chi connectivity index (χ1v) is 9.34. The number of likely N-dealkylation sites (tertiary alicyclic amines) is 1. The summed E-state index contributed by atoms with van der Waals surface area (Å²) in [5.74, 6) is 1.48. The van der Waals surface area contributed by atoms with Crippen molar-refractivity contribution in [2.24, 2.45) is 5.92 Å². The lowest BCUT2D eigenvalue weighted by atomic mass is 10.1. The monoisotopic (exact) mass is 369 g/mol. The van der Waals surface area contributed by atoms with Crippen molar-refractivity contribution in [2.45, 2.75) is 38.1 Å². The van der Waals surface area contributed by atoms with Gasteiger partial charge in [0.25, 0.3) is 0 Å². The molecule has 0 aromatic carbocycles. The van der Waals surface area contributed by atoms with Gasteiger partial charge in [-0.15, -0.1) is 0 Å². The normalized spacial score (nSPS) is 19.5. The molecule has 142 valence electrons. The number of likely N-dealkylation sites (N-methyl/N-ethyl adjacent to an activating group) is 1. The lowest BCUT2D eigenvalue weighted by molar-refractivity contribution is -0.134. The highest BCUT2D eigenvalue weighted by Gasteiger charge is 2.35. The van der Waals surface area contributed by atoms with Crippen molar-refractivity contribution in [1.29, 1.82) is 0 Å². The van der Waals surface area contributed by atoms with Crippen molar-refractivity contribution >= 4 is 11.8 Å². The van der Waals surface area contributed by atoms with Gasteiger partial charge in [-0.05, 0) is 24.5 Å². The van der Waals surface area contributed by atoms with Gasteiger partial charge in [-0.1, -0.05) is 11.2 Å². The van der Waals surface area contributed by atoms with Crippen molar-refractivity contribution in [3.63, 3.8) is 0 Å². The Morgan fingerprint density at radius 1 is 1.41 bits per heavy atom. The molecule has 8 nitrogen and oxygen atoms in total. The van der Waals surface area contributed by atoms with Crippen LogP contribution in [0.25, 0.3) is 0 Å². The molecule has 0 unspecified atom stereocenters. The minimum Gasteiger partial charge on any atom is -0.345 e. The number of nitrogens with zero attached hydrogens (tertiary/aromatic N) is 5. The van der Waals surface area contributed by atoms with Crippen LogP contribution in [0.2, 0.25) is 0 Å². The van der Waals surface area contributed by atoms with Crippen LogP contribution in [-0.2, 0) is 22.6 Å². The molecule has 1 aliphatic carbocycles. The second kappa shape index (κ2) is 7.46. The van der Waals surface area contributed by atoms with Crippen LogP contribution < -0.4 is 0 Å². The maximum atomic E-state index is 12.7. The Morgan fingerprint density at radius 2 is 2.26 bits per heavy atom. The smallest absolute Gasteiger partial charge is 0.229 e. The third-order valence-corrected chi connectivity index (χ3v) is 5.12. The molecule has 2 amide bonds. The lowest BCUT2D eigenvalue weighted by Crippen LogP contribution is -2.36. The average molecular weight is 369 g/mol. The van der Waals surface area contributed by atoms with Gasteiger partial charge in [-0.25, -0.2) is 0 Å². The Hall–Kier alpha value is -2.77. The van der Waals surface area contributed by atoms with Crippen LogP contribution in [0.5, 0.6) is 0 Å². The molecule has 1 saturated heterocycles. The molecule has 27 heavy (non-hydrogen) atoms. The molecule has 2 aromatic rings. The van der Waals surface area contributed by atoms with E-state index in [1.807, 2.05) is 12.1 Å². The standard InChI is InChI=1S/C19H23N5O3/c1-23(8-6-16-21-18(27-22-16)14-4-5-14)19(26)15-9-17(25)24(12-15)11-13-3-2-7-20-10-13/h2-3,7,10,14-15H,4-6,8-9,11-12H2,1H3/t15-/m0/s1. The van der Waals surface area contributed by atoms with Gasteiger partial charge in [-0.3, -0.25) is 14.6 Å². The highest BCUT2D eigenvalue weighted by molar-refractivity contribution is 5.89. The van der Waals surface area contributed by atoms with Gasteiger partial charge in [0, 0.05) is 57.8 Å². The lowest BCUT2D eigenvalue weighted by Gasteiger charge is -2.21. The molecule has 2 aliphatic rings. The van der Waals surface area contributed by atoms with E-state index in [2.05, 4.69) is 15.1 Å². The first-order chi connectivity index (χ1) is 13.1. The summed E-state index contributed by atoms with van der Waals surface area (Å²) >= 11 is 0. The molecule has 0 N–H and O–H groups in total. The fraction of sp³-hybridized carbons (Fsp3) is 0.526. The van der Waals surface area contributed by atoms with Crippen LogP contribution in [0.3, 0.4) is 0 Å².